The topological polar surface area (TPSA) is 85.9 Å². The molecule has 0 aliphatic heterocycles. The van der Waals surface area contributed by atoms with E-state index in [-0.39, 0.29) is 18.4 Å². The van der Waals surface area contributed by atoms with Crippen LogP contribution in [-0.4, -0.2) is 38.7 Å². The Morgan fingerprint density at radius 2 is 1.89 bits per heavy atom. The molecule has 2 aromatic carbocycles. The third kappa shape index (κ3) is 5.88. The summed E-state index contributed by atoms with van der Waals surface area (Å²) in [6, 6.07) is 10.1. The summed E-state index contributed by atoms with van der Waals surface area (Å²) < 4.78 is 16.9. The maximum Gasteiger partial charge on any atom is 0.257 e. The summed E-state index contributed by atoms with van der Waals surface area (Å²) >= 11 is 3.41. The number of carbonyl (C=O) groups is 2. The average Bonchev–Trinajstić information content (AvgIpc) is 2.68. The molecular weight excluding hydrogens is 428 g/mol. The molecule has 0 spiro atoms. The highest BCUT2D eigenvalue weighted by Gasteiger charge is 2.16. The van der Waals surface area contributed by atoms with E-state index in [0.717, 1.165) is 0 Å². The number of anilines is 1. The molecule has 2 aromatic rings. The minimum atomic E-state index is -0.317. The number of methoxy groups -OCH3 is 1. The van der Waals surface area contributed by atoms with Gasteiger partial charge in [0, 0.05) is 23.9 Å². The highest BCUT2D eigenvalue weighted by atomic mass is 79.9. The minimum Gasteiger partial charge on any atom is -0.493 e. The Labute approximate surface area is 172 Å². The van der Waals surface area contributed by atoms with Crippen molar-refractivity contribution in [3.63, 3.8) is 0 Å². The lowest BCUT2D eigenvalue weighted by Gasteiger charge is -2.14. The van der Waals surface area contributed by atoms with Crippen molar-refractivity contribution in [2.24, 2.45) is 0 Å². The highest BCUT2D eigenvalue weighted by molar-refractivity contribution is 9.10. The van der Waals surface area contributed by atoms with Gasteiger partial charge in [-0.3, -0.25) is 9.59 Å². The Kier molecular flexibility index (Phi) is 8.13. The van der Waals surface area contributed by atoms with Gasteiger partial charge >= 0.3 is 0 Å². The van der Waals surface area contributed by atoms with Gasteiger partial charge in [0.05, 0.1) is 18.2 Å². The van der Waals surface area contributed by atoms with E-state index >= 15 is 0 Å². The molecule has 0 bridgehead atoms. The molecule has 0 heterocycles. The van der Waals surface area contributed by atoms with Crippen LogP contribution >= 0.6 is 15.9 Å². The van der Waals surface area contributed by atoms with Crippen LogP contribution in [0.2, 0.25) is 0 Å². The zero-order valence-corrected chi connectivity index (χ0v) is 17.6. The highest BCUT2D eigenvalue weighted by Crippen LogP contribution is 2.36. The Hall–Kier alpha value is -2.74. The molecule has 2 N–H and O–H groups in total. The van der Waals surface area contributed by atoms with E-state index in [0.29, 0.717) is 46.1 Å². The quantitative estimate of drug-likeness (QED) is 0.609. The van der Waals surface area contributed by atoms with Gasteiger partial charge in [-0.15, -0.1) is 0 Å². The summed E-state index contributed by atoms with van der Waals surface area (Å²) in [5, 5.41) is 5.46. The maximum atomic E-state index is 12.6. The lowest BCUT2D eigenvalue weighted by Crippen LogP contribution is -2.28. The fourth-order valence-electron chi connectivity index (χ4n) is 2.40. The number of benzene rings is 2. The largest absolute Gasteiger partial charge is 0.493 e. The third-order valence-electron chi connectivity index (χ3n) is 3.62. The Morgan fingerprint density at radius 3 is 2.57 bits per heavy atom. The number of ether oxygens (including phenoxy) is 3. The van der Waals surface area contributed by atoms with Crippen LogP contribution in [0.15, 0.2) is 40.9 Å². The van der Waals surface area contributed by atoms with E-state index in [1.807, 2.05) is 13.8 Å². The van der Waals surface area contributed by atoms with E-state index in [1.54, 1.807) is 36.4 Å². The molecule has 150 valence electrons. The van der Waals surface area contributed by atoms with Gasteiger partial charge in [-0.05, 0) is 54.0 Å². The smallest absolute Gasteiger partial charge is 0.257 e. The van der Waals surface area contributed by atoms with Crippen LogP contribution in [0.3, 0.4) is 0 Å². The van der Waals surface area contributed by atoms with Crippen LogP contribution < -0.4 is 24.8 Å². The van der Waals surface area contributed by atoms with Crippen molar-refractivity contribution in [1.29, 1.82) is 0 Å². The van der Waals surface area contributed by atoms with Crippen LogP contribution in [-0.2, 0) is 4.79 Å². The van der Waals surface area contributed by atoms with Crippen molar-refractivity contribution < 1.29 is 23.8 Å². The number of amides is 2. The van der Waals surface area contributed by atoms with E-state index < -0.39 is 0 Å². The monoisotopic (exact) mass is 450 g/mol. The van der Waals surface area contributed by atoms with Crippen molar-refractivity contribution in [1.82, 2.24) is 5.32 Å². The Bertz CT molecular complexity index is 841. The normalized spacial score (nSPS) is 10.1. The number of halogens is 1. The molecule has 7 nitrogen and oxygen atoms in total. The SMILES string of the molecule is CCNC(=O)COc1cccc(NC(=O)c2cc(Br)c(OCC)c(OC)c2)c1. The van der Waals surface area contributed by atoms with Gasteiger partial charge in [-0.2, -0.15) is 0 Å². The van der Waals surface area contributed by atoms with Crippen molar-refractivity contribution >= 4 is 33.4 Å². The molecule has 0 aromatic heterocycles. The molecule has 0 fully saturated rings. The Balaban J connectivity index is 2.11. The second-order valence-electron chi connectivity index (χ2n) is 5.65. The van der Waals surface area contributed by atoms with E-state index in [4.69, 9.17) is 14.2 Å². The molecule has 2 amide bonds. The van der Waals surface area contributed by atoms with E-state index in [9.17, 15) is 9.59 Å². The summed E-state index contributed by atoms with van der Waals surface area (Å²) in [7, 11) is 1.52. The van der Waals surface area contributed by atoms with Crippen LogP contribution in [0.5, 0.6) is 17.2 Å². The molecule has 0 unspecified atom stereocenters. The van der Waals surface area contributed by atoms with Gasteiger partial charge in [0.1, 0.15) is 5.75 Å². The predicted molar refractivity (Wildman–Crippen MR) is 110 cm³/mol. The number of rotatable bonds is 9. The second-order valence-corrected chi connectivity index (χ2v) is 6.50. The van der Waals surface area contributed by atoms with Gasteiger partial charge in [0.25, 0.3) is 11.8 Å². The standard InChI is InChI=1S/C20H23BrN2O5/c1-4-22-18(24)12-28-15-8-6-7-14(11-15)23-20(25)13-9-16(21)19(27-5-2)17(10-13)26-3/h6-11H,4-5,12H2,1-3H3,(H,22,24)(H,23,25). The lowest BCUT2D eigenvalue weighted by molar-refractivity contribution is -0.122. The van der Waals surface area contributed by atoms with E-state index in [1.165, 1.54) is 7.11 Å². The molecule has 0 saturated heterocycles. The molecule has 0 saturated carbocycles. The summed E-state index contributed by atoms with van der Waals surface area (Å²) in [5.74, 6) is 0.961. The summed E-state index contributed by atoms with van der Waals surface area (Å²) in [4.78, 5) is 24.1. The molecule has 8 heteroatoms. The molecule has 0 aliphatic carbocycles. The first kappa shape index (κ1) is 21.6. The molecule has 0 atom stereocenters. The number of likely N-dealkylation sites (N-methyl/N-ethyl adjacent to an activating group) is 1. The number of hydrogen-bond acceptors (Lipinski definition) is 5. The van der Waals surface area contributed by atoms with Gasteiger partial charge in [0.15, 0.2) is 18.1 Å². The minimum absolute atomic E-state index is 0.0890. The van der Waals surface area contributed by atoms with E-state index in [2.05, 4.69) is 26.6 Å². The first-order valence-corrected chi connectivity index (χ1v) is 9.59. The molecule has 28 heavy (non-hydrogen) atoms. The number of hydrogen-bond donors (Lipinski definition) is 2. The average molecular weight is 451 g/mol. The van der Waals surface area contributed by atoms with Crippen LogP contribution in [0.25, 0.3) is 0 Å². The van der Waals surface area contributed by atoms with Crippen molar-refractivity contribution in [2.45, 2.75) is 13.8 Å². The fraction of sp³-hybridized carbons (Fsp3) is 0.300. The van der Waals surface area contributed by atoms with Crippen LogP contribution in [0.4, 0.5) is 5.69 Å². The molecule has 2 rings (SSSR count). The first-order chi connectivity index (χ1) is 13.5. The maximum absolute atomic E-state index is 12.6. The Morgan fingerprint density at radius 1 is 1.11 bits per heavy atom. The van der Waals surface area contributed by atoms with Crippen molar-refractivity contribution in [3.8, 4) is 17.2 Å². The van der Waals surface area contributed by atoms with Gasteiger partial charge in [-0.25, -0.2) is 0 Å². The lowest BCUT2D eigenvalue weighted by atomic mass is 10.1. The molecular formula is C20H23BrN2O5. The van der Waals surface area contributed by atoms with Gasteiger partial charge < -0.3 is 24.8 Å². The third-order valence-corrected chi connectivity index (χ3v) is 4.21. The zero-order chi connectivity index (χ0) is 20.5. The van der Waals surface area contributed by atoms with Crippen molar-refractivity contribution in [3.05, 3.63) is 46.4 Å². The van der Waals surface area contributed by atoms with Crippen LogP contribution in [0, 0.1) is 0 Å². The predicted octanol–water partition coefficient (Wildman–Crippen LogP) is 3.62. The summed E-state index contributed by atoms with van der Waals surface area (Å²) in [5.41, 5.74) is 0.947. The number of carbonyl (C=O) groups excluding carboxylic acids is 2. The summed E-state index contributed by atoms with van der Waals surface area (Å²) in [6.45, 7) is 4.63. The molecule has 0 aliphatic rings. The summed E-state index contributed by atoms with van der Waals surface area (Å²) in [6.07, 6.45) is 0. The number of nitrogens with one attached hydrogen (secondary N) is 2. The van der Waals surface area contributed by atoms with Crippen molar-refractivity contribution in [2.75, 3.05) is 32.2 Å². The second kappa shape index (κ2) is 10.6. The van der Waals surface area contributed by atoms with Gasteiger partial charge in [-0.1, -0.05) is 6.07 Å². The fourth-order valence-corrected chi connectivity index (χ4v) is 2.96. The molecule has 0 radical (unpaired) electrons. The van der Waals surface area contributed by atoms with Crippen LogP contribution in [0.1, 0.15) is 24.2 Å². The van der Waals surface area contributed by atoms with Gasteiger partial charge in [0.2, 0.25) is 0 Å². The zero-order valence-electron chi connectivity index (χ0n) is 16.0. The first-order valence-electron chi connectivity index (χ1n) is 8.79.